The highest BCUT2D eigenvalue weighted by Crippen LogP contribution is 2.33. The summed E-state index contributed by atoms with van der Waals surface area (Å²) in [4.78, 5) is 37.7. The van der Waals surface area contributed by atoms with Crippen molar-refractivity contribution in [3.8, 4) is 0 Å². The Balaban J connectivity index is 1.83. The maximum absolute atomic E-state index is 12.6. The van der Waals surface area contributed by atoms with Crippen LogP contribution in [-0.4, -0.2) is 46.1 Å². The molecular weight excluding hydrogens is 304 g/mol. The van der Waals surface area contributed by atoms with Crippen LogP contribution in [0, 0.1) is 5.92 Å². The Morgan fingerprint density at radius 1 is 1.41 bits per heavy atom. The van der Waals surface area contributed by atoms with Crippen molar-refractivity contribution < 1.29 is 19.5 Å². The van der Waals surface area contributed by atoms with Gasteiger partial charge in [0.15, 0.2) is 0 Å². The van der Waals surface area contributed by atoms with Crippen LogP contribution in [0.2, 0.25) is 0 Å². The quantitative estimate of drug-likeness (QED) is 0.865. The first-order valence-electron chi connectivity index (χ1n) is 7.08. The Morgan fingerprint density at radius 3 is 2.86 bits per heavy atom. The number of carbonyl (C=O) groups excluding carboxylic acids is 2. The molecule has 0 aliphatic carbocycles. The highest BCUT2D eigenvalue weighted by atomic mass is 32.2. The van der Waals surface area contributed by atoms with Crippen LogP contribution in [0.25, 0.3) is 0 Å². The molecule has 0 aromatic heterocycles. The number of hydrogen-bond acceptors (Lipinski definition) is 4. The number of hydrogen-bond donors (Lipinski definition) is 2. The summed E-state index contributed by atoms with van der Waals surface area (Å²) in [5.74, 6) is -1.27. The van der Waals surface area contributed by atoms with Crippen LogP contribution < -0.4 is 5.32 Å². The van der Waals surface area contributed by atoms with E-state index in [1.165, 1.54) is 11.8 Å². The Bertz CT molecular complexity index is 661. The summed E-state index contributed by atoms with van der Waals surface area (Å²) in [7, 11) is 0. The highest BCUT2D eigenvalue weighted by Gasteiger charge is 2.38. The number of rotatable bonds is 2. The van der Waals surface area contributed by atoms with E-state index in [0.29, 0.717) is 30.0 Å². The van der Waals surface area contributed by atoms with Gasteiger partial charge in [-0.05, 0) is 31.5 Å². The van der Waals surface area contributed by atoms with Crippen molar-refractivity contribution in [3.05, 3.63) is 23.8 Å². The number of nitrogens with zero attached hydrogens (tertiary/aromatic N) is 1. The zero-order chi connectivity index (χ0) is 15.9. The second kappa shape index (κ2) is 5.64. The number of amides is 2. The van der Waals surface area contributed by atoms with Crippen LogP contribution in [0.15, 0.2) is 23.1 Å². The average molecular weight is 320 g/mol. The summed E-state index contributed by atoms with van der Waals surface area (Å²) >= 11 is 1.44. The largest absolute Gasteiger partial charge is 0.481 e. The fourth-order valence-electron chi connectivity index (χ4n) is 2.94. The van der Waals surface area contributed by atoms with Gasteiger partial charge in [0.2, 0.25) is 5.91 Å². The summed E-state index contributed by atoms with van der Waals surface area (Å²) in [6.07, 6.45) is 0.472. The first-order chi connectivity index (χ1) is 10.5. The molecule has 1 fully saturated rings. The molecule has 0 radical (unpaired) electrons. The number of likely N-dealkylation sites (tertiary alicyclic amines) is 1. The van der Waals surface area contributed by atoms with Gasteiger partial charge < -0.3 is 15.3 Å². The Hall–Kier alpha value is -2.02. The SMILES string of the molecule is CC1C(C(=O)O)CCN1C(=O)c1ccc2c(c1)NC(=O)CS2. The molecule has 0 bridgehead atoms. The molecule has 1 saturated heterocycles. The molecule has 22 heavy (non-hydrogen) atoms. The molecule has 3 rings (SSSR count). The third kappa shape index (κ3) is 2.56. The molecule has 0 saturated carbocycles. The van der Waals surface area contributed by atoms with E-state index in [2.05, 4.69) is 5.32 Å². The fourth-order valence-corrected chi connectivity index (χ4v) is 3.73. The van der Waals surface area contributed by atoms with Crippen molar-refractivity contribution in [2.75, 3.05) is 17.6 Å². The van der Waals surface area contributed by atoms with Gasteiger partial charge in [-0.2, -0.15) is 0 Å². The van der Waals surface area contributed by atoms with Crippen LogP contribution >= 0.6 is 11.8 Å². The summed E-state index contributed by atoms with van der Waals surface area (Å²) in [5.41, 5.74) is 1.12. The van der Waals surface area contributed by atoms with E-state index in [-0.39, 0.29) is 17.9 Å². The van der Waals surface area contributed by atoms with Crippen molar-refractivity contribution in [1.82, 2.24) is 4.90 Å². The molecule has 0 spiro atoms. The minimum atomic E-state index is -0.864. The lowest BCUT2D eigenvalue weighted by Crippen LogP contribution is -2.37. The van der Waals surface area contributed by atoms with Crippen molar-refractivity contribution in [1.29, 1.82) is 0 Å². The molecule has 2 N–H and O–H groups in total. The van der Waals surface area contributed by atoms with Crippen molar-refractivity contribution in [2.24, 2.45) is 5.92 Å². The summed E-state index contributed by atoms with van der Waals surface area (Å²) in [5, 5.41) is 11.9. The lowest BCUT2D eigenvalue weighted by Gasteiger charge is -2.24. The monoisotopic (exact) mass is 320 g/mol. The van der Waals surface area contributed by atoms with E-state index in [4.69, 9.17) is 5.11 Å². The minimum Gasteiger partial charge on any atom is -0.481 e. The molecular formula is C15H16N2O4S. The van der Waals surface area contributed by atoms with Crippen LogP contribution in [0.5, 0.6) is 0 Å². The van der Waals surface area contributed by atoms with Crippen LogP contribution in [0.3, 0.4) is 0 Å². The molecule has 7 heteroatoms. The second-order valence-electron chi connectivity index (χ2n) is 5.52. The van der Waals surface area contributed by atoms with E-state index in [0.717, 1.165) is 4.90 Å². The van der Waals surface area contributed by atoms with Gasteiger partial charge in [-0.15, -0.1) is 11.8 Å². The molecule has 6 nitrogen and oxygen atoms in total. The first kappa shape index (κ1) is 14.9. The van der Waals surface area contributed by atoms with E-state index in [1.807, 2.05) is 6.07 Å². The number of carboxylic acid groups (broad SMARTS) is 1. The van der Waals surface area contributed by atoms with Crippen LogP contribution in [0.4, 0.5) is 5.69 Å². The normalized spacial score (nSPS) is 23.9. The third-order valence-electron chi connectivity index (χ3n) is 4.19. The summed E-state index contributed by atoms with van der Waals surface area (Å²) < 4.78 is 0. The number of benzene rings is 1. The predicted molar refractivity (Wildman–Crippen MR) is 82.0 cm³/mol. The maximum Gasteiger partial charge on any atom is 0.308 e. The van der Waals surface area contributed by atoms with Gasteiger partial charge in [0.25, 0.3) is 5.91 Å². The van der Waals surface area contributed by atoms with Gasteiger partial charge in [-0.1, -0.05) is 0 Å². The number of carboxylic acids is 1. The van der Waals surface area contributed by atoms with Gasteiger partial charge in [0, 0.05) is 23.0 Å². The predicted octanol–water partition coefficient (Wildman–Crippen LogP) is 1.67. The van der Waals surface area contributed by atoms with Gasteiger partial charge in [0.05, 0.1) is 17.4 Å². The second-order valence-corrected chi connectivity index (χ2v) is 6.54. The number of thioether (sulfide) groups is 1. The first-order valence-corrected chi connectivity index (χ1v) is 8.06. The van der Waals surface area contributed by atoms with Gasteiger partial charge in [-0.25, -0.2) is 0 Å². The zero-order valence-electron chi connectivity index (χ0n) is 12.0. The standard InChI is InChI=1S/C15H16N2O4S/c1-8-10(15(20)21)4-5-17(8)14(19)9-2-3-12-11(6-9)16-13(18)7-22-12/h2-3,6,8,10H,4-5,7H2,1H3,(H,16,18)(H,20,21). The van der Waals surface area contributed by atoms with E-state index in [9.17, 15) is 14.4 Å². The maximum atomic E-state index is 12.6. The van der Waals surface area contributed by atoms with Crippen molar-refractivity contribution >= 4 is 35.2 Å². The topological polar surface area (TPSA) is 86.7 Å². The average Bonchev–Trinajstić information content (AvgIpc) is 2.87. The number of anilines is 1. The summed E-state index contributed by atoms with van der Waals surface area (Å²) in [6, 6.07) is 4.89. The van der Waals surface area contributed by atoms with E-state index in [1.54, 1.807) is 24.0 Å². The number of fused-ring (bicyclic) bond motifs is 1. The zero-order valence-corrected chi connectivity index (χ0v) is 12.9. The Kier molecular flexibility index (Phi) is 3.82. The molecule has 2 heterocycles. The van der Waals surface area contributed by atoms with Gasteiger partial charge in [-0.3, -0.25) is 14.4 Å². The molecule has 1 aromatic carbocycles. The fraction of sp³-hybridized carbons (Fsp3) is 0.400. The Labute approximate surface area is 131 Å². The third-order valence-corrected chi connectivity index (χ3v) is 5.27. The number of nitrogens with one attached hydrogen (secondary N) is 1. The number of carbonyl (C=O) groups is 3. The van der Waals surface area contributed by atoms with E-state index >= 15 is 0 Å². The van der Waals surface area contributed by atoms with Crippen molar-refractivity contribution in [2.45, 2.75) is 24.3 Å². The smallest absolute Gasteiger partial charge is 0.308 e. The lowest BCUT2D eigenvalue weighted by atomic mass is 10.0. The van der Waals surface area contributed by atoms with Crippen LogP contribution in [0.1, 0.15) is 23.7 Å². The lowest BCUT2D eigenvalue weighted by molar-refractivity contribution is -0.142. The molecule has 2 unspecified atom stereocenters. The van der Waals surface area contributed by atoms with Gasteiger partial charge >= 0.3 is 5.97 Å². The van der Waals surface area contributed by atoms with Crippen molar-refractivity contribution in [3.63, 3.8) is 0 Å². The van der Waals surface area contributed by atoms with Gasteiger partial charge in [0.1, 0.15) is 0 Å². The molecule has 2 amide bonds. The highest BCUT2D eigenvalue weighted by molar-refractivity contribution is 8.00. The molecule has 2 atom stereocenters. The number of aliphatic carboxylic acids is 1. The molecule has 1 aromatic rings. The molecule has 2 aliphatic rings. The molecule has 2 aliphatic heterocycles. The van der Waals surface area contributed by atoms with Crippen LogP contribution in [-0.2, 0) is 9.59 Å². The molecule has 116 valence electrons. The Morgan fingerprint density at radius 2 is 2.18 bits per heavy atom. The summed E-state index contributed by atoms with van der Waals surface area (Å²) in [6.45, 7) is 2.20. The minimum absolute atomic E-state index is 0.0809. The van der Waals surface area contributed by atoms with E-state index < -0.39 is 11.9 Å².